The lowest BCUT2D eigenvalue weighted by Gasteiger charge is -2.11. The molecular formula is C30H23BCl5N6O3. The molecule has 0 aliphatic carbocycles. The molecule has 9 nitrogen and oxygen atoms in total. The second kappa shape index (κ2) is 15.5. The topological polar surface area (TPSA) is 142 Å². The molecule has 0 aliphatic heterocycles. The van der Waals surface area contributed by atoms with E-state index in [1.807, 2.05) is 13.0 Å². The number of rotatable bonds is 4. The Balaban J connectivity index is 0.000000165. The summed E-state index contributed by atoms with van der Waals surface area (Å²) in [7, 11) is 2.22. The van der Waals surface area contributed by atoms with Crippen molar-refractivity contribution in [2.24, 2.45) is 0 Å². The molecule has 0 aliphatic rings. The van der Waals surface area contributed by atoms with Gasteiger partial charge in [0.05, 0.1) is 29.2 Å². The highest BCUT2D eigenvalue weighted by atomic mass is 35.5. The van der Waals surface area contributed by atoms with Gasteiger partial charge < -0.3 is 25.9 Å². The fourth-order valence-electron chi connectivity index (χ4n) is 3.88. The lowest BCUT2D eigenvalue weighted by Crippen LogP contribution is -2.00. The van der Waals surface area contributed by atoms with Crippen molar-refractivity contribution in [3.8, 4) is 22.8 Å². The van der Waals surface area contributed by atoms with E-state index in [9.17, 15) is 0 Å². The molecule has 0 spiro atoms. The third-order valence-corrected chi connectivity index (χ3v) is 7.23. The van der Waals surface area contributed by atoms with Crippen LogP contribution in [-0.4, -0.2) is 39.8 Å². The maximum atomic E-state index is 8.34. The first-order valence-corrected chi connectivity index (χ1v) is 14.7. The number of benzene rings is 4. The molecule has 0 bridgehead atoms. The van der Waals surface area contributed by atoms with Crippen LogP contribution in [0.1, 0.15) is 5.56 Å². The van der Waals surface area contributed by atoms with E-state index in [1.54, 1.807) is 73.8 Å². The molecule has 1 radical (unpaired) electrons. The average Bonchev–Trinajstić information content (AvgIpc) is 3.00. The molecule has 0 atom stereocenters. The van der Waals surface area contributed by atoms with Gasteiger partial charge in [-0.15, -0.1) is 0 Å². The zero-order chi connectivity index (χ0) is 32.7. The van der Waals surface area contributed by atoms with Crippen molar-refractivity contribution in [3.05, 3.63) is 104 Å². The van der Waals surface area contributed by atoms with Crippen LogP contribution in [0.5, 0.6) is 11.5 Å². The van der Waals surface area contributed by atoms with Crippen molar-refractivity contribution in [3.63, 3.8) is 0 Å². The molecule has 45 heavy (non-hydrogen) atoms. The summed E-state index contributed by atoms with van der Waals surface area (Å²) in [5.41, 5.74) is 16.4. The Kier molecular flexibility index (Phi) is 11.7. The van der Waals surface area contributed by atoms with Crippen LogP contribution in [0, 0.1) is 6.92 Å². The predicted molar refractivity (Wildman–Crippen MR) is 185 cm³/mol. The number of nitrogens with zero attached hydrogens (tertiary/aromatic N) is 4. The number of aromatic nitrogens is 4. The van der Waals surface area contributed by atoms with Gasteiger partial charge in [-0.3, -0.25) is 0 Å². The minimum Gasteiger partial charge on any atom is -0.537 e. The second-order valence-corrected chi connectivity index (χ2v) is 11.2. The molecule has 2 heterocycles. The van der Waals surface area contributed by atoms with E-state index in [1.165, 1.54) is 0 Å². The van der Waals surface area contributed by atoms with Crippen LogP contribution in [0.15, 0.2) is 72.8 Å². The molecule has 4 aromatic carbocycles. The summed E-state index contributed by atoms with van der Waals surface area (Å²) in [5, 5.41) is 10.9. The largest absolute Gasteiger partial charge is 0.569 e. The van der Waals surface area contributed by atoms with Crippen LogP contribution in [-0.2, 0) is 0 Å². The Bertz CT molecular complexity index is 1990. The monoisotopic (exact) mass is 701 g/mol. The Morgan fingerprint density at radius 1 is 0.622 bits per heavy atom. The van der Waals surface area contributed by atoms with Gasteiger partial charge in [0.1, 0.15) is 17.2 Å². The van der Waals surface area contributed by atoms with E-state index in [0.717, 1.165) is 5.56 Å². The Hall–Kier alpha value is -3.77. The van der Waals surface area contributed by atoms with Gasteiger partial charge in [-0.05, 0) is 79.2 Å². The number of anilines is 2. The van der Waals surface area contributed by atoms with Crippen molar-refractivity contribution >= 4 is 99.4 Å². The number of ether oxygens (including phenoxy) is 1. The maximum Gasteiger partial charge on any atom is 0.569 e. The van der Waals surface area contributed by atoms with Gasteiger partial charge in [0.15, 0.2) is 16.8 Å². The fraction of sp³-hybridized carbons (Fsp3) is 0.0667. The fourth-order valence-corrected chi connectivity index (χ4v) is 4.68. The maximum absolute atomic E-state index is 8.34. The lowest BCUT2D eigenvalue weighted by molar-refractivity contribution is 0.416. The van der Waals surface area contributed by atoms with E-state index in [2.05, 4.69) is 19.9 Å². The highest BCUT2D eigenvalue weighted by Crippen LogP contribution is 2.35. The molecule has 6 aromatic rings. The summed E-state index contributed by atoms with van der Waals surface area (Å²) < 4.78 is 10.1. The molecule has 0 fully saturated rings. The third-order valence-electron chi connectivity index (χ3n) is 6.01. The van der Waals surface area contributed by atoms with Crippen molar-refractivity contribution in [1.29, 1.82) is 0 Å². The minimum absolute atomic E-state index is 0.217. The zero-order valence-electron chi connectivity index (χ0n) is 23.6. The Morgan fingerprint density at radius 3 is 1.78 bits per heavy atom. The minimum atomic E-state index is 0.217. The smallest absolute Gasteiger partial charge is 0.537 e. The number of hydrogen-bond acceptors (Lipinski definition) is 9. The van der Waals surface area contributed by atoms with E-state index in [0.29, 0.717) is 78.4 Å². The summed E-state index contributed by atoms with van der Waals surface area (Å²) >= 11 is 29.1. The summed E-state index contributed by atoms with van der Waals surface area (Å²) in [6.45, 7) is 1.87. The molecule has 2 aromatic heterocycles. The van der Waals surface area contributed by atoms with Gasteiger partial charge in [0.25, 0.3) is 0 Å². The summed E-state index contributed by atoms with van der Waals surface area (Å²) in [4.78, 5) is 17.0. The first kappa shape index (κ1) is 34.1. The molecule has 0 saturated carbocycles. The van der Waals surface area contributed by atoms with Crippen molar-refractivity contribution in [2.45, 2.75) is 6.92 Å². The van der Waals surface area contributed by atoms with Crippen LogP contribution in [0.4, 0.5) is 11.6 Å². The molecular weight excluding hydrogens is 680 g/mol. The third kappa shape index (κ3) is 8.91. The molecule has 6 rings (SSSR count). The van der Waals surface area contributed by atoms with Crippen LogP contribution in [0.25, 0.3) is 33.3 Å². The van der Waals surface area contributed by atoms with Gasteiger partial charge >= 0.3 is 7.69 Å². The molecule has 0 amide bonds. The van der Waals surface area contributed by atoms with Gasteiger partial charge in [0.2, 0.25) is 0 Å². The van der Waals surface area contributed by atoms with Crippen molar-refractivity contribution in [2.75, 3.05) is 18.6 Å². The molecule has 229 valence electrons. The number of nitrogens with two attached hydrogens (primary N) is 2. The van der Waals surface area contributed by atoms with E-state index < -0.39 is 0 Å². The second-order valence-electron chi connectivity index (χ2n) is 9.10. The van der Waals surface area contributed by atoms with Crippen molar-refractivity contribution < 1.29 is 14.4 Å². The number of fused-ring (bicyclic) bond motifs is 2. The van der Waals surface area contributed by atoms with Crippen LogP contribution < -0.4 is 20.9 Å². The SMILES string of the molecule is COc1ccc(Cl)cc1-c1nc2ccc(Cl)cc2nc1N.Cc1ccc(Cl)cc1O[B]O.Nc1nc2cc(Cl)ccc2nc1Cl. The van der Waals surface area contributed by atoms with Crippen LogP contribution >= 0.6 is 58.0 Å². The van der Waals surface area contributed by atoms with Crippen LogP contribution in [0.3, 0.4) is 0 Å². The quantitative estimate of drug-likeness (QED) is 0.155. The molecule has 5 N–H and O–H groups in total. The number of methoxy groups -OCH3 is 1. The van der Waals surface area contributed by atoms with E-state index in [4.69, 9.17) is 83.9 Å². The van der Waals surface area contributed by atoms with Crippen molar-refractivity contribution in [1.82, 2.24) is 19.9 Å². The normalized spacial score (nSPS) is 10.4. The summed E-state index contributed by atoms with van der Waals surface area (Å²) in [6, 6.07) is 20.9. The van der Waals surface area contributed by atoms with E-state index in [-0.39, 0.29) is 11.0 Å². The van der Waals surface area contributed by atoms with E-state index >= 15 is 0 Å². The molecule has 15 heteroatoms. The lowest BCUT2D eigenvalue weighted by atomic mass is 10.1. The van der Waals surface area contributed by atoms with Gasteiger partial charge in [-0.2, -0.15) is 0 Å². The summed E-state index contributed by atoms with van der Waals surface area (Å²) in [6.07, 6.45) is 0. The number of hydrogen-bond donors (Lipinski definition) is 3. The first-order valence-electron chi connectivity index (χ1n) is 12.8. The predicted octanol–water partition coefficient (Wildman–Crippen LogP) is 8.27. The zero-order valence-corrected chi connectivity index (χ0v) is 27.4. The Morgan fingerprint density at radius 2 is 1.16 bits per heavy atom. The average molecular weight is 704 g/mol. The molecule has 0 unspecified atom stereocenters. The summed E-state index contributed by atoms with van der Waals surface area (Å²) in [5.74, 6) is 1.72. The number of aryl methyl sites for hydroxylation is 1. The van der Waals surface area contributed by atoms with Gasteiger partial charge in [-0.25, -0.2) is 19.9 Å². The Labute approximate surface area is 284 Å². The first-order chi connectivity index (χ1) is 21.5. The molecule has 0 saturated heterocycles. The van der Waals surface area contributed by atoms with Gasteiger partial charge in [-0.1, -0.05) is 64.1 Å². The number of nitrogen functional groups attached to an aromatic ring is 2. The van der Waals surface area contributed by atoms with Crippen LogP contribution in [0.2, 0.25) is 25.2 Å². The highest BCUT2D eigenvalue weighted by Gasteiger charge is 2.14. The van der Waals surface area contributed by atoms with Gasteiger partial charge in [0, 0.05) is 25.7 Å². The number of halogens is 5. The standard InChI is InChI=1S/C15H11Cl2N3O.C8H5Cl2N3.C7H7BClO2/c1-21-13-5-3-8(16)6-10(13)14-15(18)20-12-7-9(17)2-4-11(12)19-14;9-4-1-2-5-6(3-4)13-8(11)7(10)12-5;1-5-2-3-6(9)4-7(5)11-8-10/h2-7H,1H3,(H2,18,20);1-3H,(H2,11,13);2-4,10H,1H3. The highest BCUT2D eigenvalue weighted by molar-refractivity contribution is 6.33.